The molecule has 0 bridgehead atoms. The van der Waals surface area contributed by atoms with Crippen LogP contribution in [0.5, 0.6) is 0 Å². The van der Waals surface area contributed by atoms with Crippen LogP contribution in [0.3, 0.4) is 0 Å². The molecule has 1 aromatic carbocycles. The Morgan fingerprint density at radius 2 is 1.66 bits per heavy atom. The van der Waals surface area contributed by atoms with E-state index in [1.807, 2.05) is 6.07 Å². The standard InChI is InChI=1S/C25H35F3N6O/c1-17(2)34(18(3)4)16-13-29-24(35)19-11-14-33(15-12-19)23-10-9-22(31-32-23)30-21-7-5-20(6-8-21)25(26,27)28/h5-10,17-19H,11-16H2,1-4H3,(H,29,35)(H,30,31). The predicted molar refractivity (Wildman–Crippen MR) is 132 cm³/mol. The molecule has 1 aliphatic heterocycles. The molecule has 1 aliphatic rings. The average Bonchev–Trinajstić information content (AvgIpc) is 2.81. The van der Waals surface area contributed by atoms with Gasteiger partial charge in [-0.25, -0.2) is 0 Å². The minimum atomic E-state index is -4.36. The van der Waals surface area contributed by atoms with E-state index in [0.717, 1.165) is 31.5 Å². The van der Waals surface area contributed by atoms with Crippen molar-refractivity contribution >= 4 is 23.2 Å². The molecular weight excluding hydrogens is 457 g/mol. The van der Waals surface area contributed by atoms with Gasteiger partial charge in [0.25, 0.3) is 0 Å². The number of aromatic nitrogens is 2. The summed E-state index contributed by atoms with van der Waals surface area (Å²) < 4.78 is 38.1. The van der Waals surface area contributed by atoms with Crippen LogP contribution in [0, 0.1) is 5.92 Å². The van der Waals surface area contributed by atoms with Crippen molar-refractivity contribution in [2.24, 2.45) is 5.92 Å². The number of nitrogens with zero attached hydrogens (tertiary/aromatic N) is 4. The first-order chi connectivity index (χ1) is 16.5. The summed E-state index contributed by atoms with van der Waals surface area (Å²) in [4.78, 5) is 17.1. The van der Waals surface area contributed by atoms with E-state index in [2.05, 4.69) is 58.3 Å². The minimum Gasteiger partial charge on any atom is -0.355 e. The van der Waals surface area contributed by atoms with Gasteiger partial charge in [-0.15, -0.1) is 10.2 Å². The predicted octanol–water partition coefficient (Wildman–Crippen LogP) is 4.69. The van der Waals surface area contributed by atoms with Crippen molar-refractivity contribution in [3.8, 4) is 0 Å². The van der Waals surface area contributed by atoms with E-state index in [1.54, 1.807) is 6.07 Å². The Morgan fingerprint density at radius 3 is 2.17 bits per heavy atom. The summed E-state index contributed by atoms with van der Waals surface area (Å²) in [6, 6.07) is 9.21. The van der Waals surface area contributed by atoms with Gasteiger partial charge in [-0.2, -0.15) is 13.2 Å². The lowest BCUT2D eigenvalue weighted by molar-refractivity contribution is -0.137. The molecule has 0 aliphatic carbocycles. The van der Waals surface area contributed by atoms with Gasteiger partial charge in [0.05, 0.1) is 5.56 Å². The molecule has 1 saturated heterocycles. The molecule has 1 fully saturated rings. The van der Waals surface area contributed by atoms with E-state index in [1.165, 1.54) is 12.1 Å². The van der Waals surface area contributed by atoms with E-state index >= 15 is 0 Å². The van der Waals surface area contributed by atoms with Crippen molar-refractivity contribution in [2.75, 3.05) is 36.4 Å². The molecule has 1 aromatic heterocycles. The third-order valence-corrected chi connectivity index (χ3v) is 6.32. The minimum absolute atomic E-state index is 0.00799. The van der Waals surface area contributed by atoms with Gasteiger partial charge in [0.2, 0.25) is 5.91 Å². The first-order valence-corrected chi connectivity index (χ1v) is 12.1. The molecule has 0 saturated carbocycles. The Kier molecular flexibility index (Phi) is 8.93. The number of halogens is 3. The number of hydrogen-bond acceptors (Lipinski definition) is 6. The first kappa shape index (κ1) is 26.7. The number of nitrogens with one attached hydrogen (secondary N) is 2. The molecule has 3 rings (SSSR count). The molecule has 0 atom stereocenters. The van der Waals surface area contributed by atoms with Crippen LogP contribution >= 0.6 is 0 Å². The Hall–Kier alpha value is -2.88. The summed E-state index contributed by atoms with van der Waals surface area (Å²) in [6.45, 7) is 11.6. The Bertz CT molecular complexity index is 931. The van der Waals surface area contributed by atoms with Crippen LogP contribution < -0.4 is 15.5 Å². The molecule has 1 amide bonds. The van der Waals surface area contributed by atoms with Gasteiger partial charge in [-0.1, -0.05) is 0 Å². The summed E-state index contributed by atoms with van der Waals surface area (Å²) in [5.74, 6) is 1.26. The second-order valence-electron chi connectivity index (χ2n) is 9.45. The van der Waals surface area contributed by atoms with Gasteiger partial charge in [-0.3, -0.25) is 9.69 Å². The fourth-order valence-corrected chi connectivity index (χ4v) is 4.39. The smallest absolute Gasteiger partial charge is 0.355 e. The topological polar surface area (TPSA) is 73.4 Å². The van der Waals surface area contributed by atoms with Crippen LogP contribution in [0.4, 0.5) is 30.5 Å². The Morgan fingerprint density at radius 1 is 1.03 bits per heavy atom. The van der Waals surface area contributed by atoms with Gasteiger partial charge in [0, 0.05) is 49.9 Å². The Labute approximate surface area is 205 Å². The number of carbonyl (C=O) groups is 1. The van der Waals surface area contributed by atoms with Crippen LogP contribution in [0.15, 0.2) is 36.4 Å². The van der Waals surface area contributed by atoms with Gasteiger partial charge in [0.15, 0.2) is 11.6 Å². The average molecular weight is 493 g/mol. The van der Waals surface area contributed by atoms with Crippen molar-refractivity contribution in [2.45, 2.75) is 58.8 Å². The van der Waals surface area contributed by atoms with Crippen molar-refractivity contribution in [1.29, 1.82) is 0 Å². The normalized spacial score (nSPS) is 15.2. The molecule has 0 unspecified atom stereocenters. The lowest BCUT2D eigenvalue weighted by atomic mass is 9.96. The molecule has 35 heavy (non-hydrogen) atoms. The first-order valence-electron chi connectivity index (χ1n) is 12.1. The zero-order valence-corrected chi connectivity index (χ0v) is 20.8. The SMILES string of the molecule is CC(C)N(CCNC(=O)C1CCN(c2ccc(Nc3ccc(C(F)(F)F)cc3)nn2)CC1)C(C)C. The van der Waals surface area contributed by atoms with Crippen LogP contribution in [-0.2, 0) is 11.0 Å². The zero-order valence-electron chi connectivity index (χ0n) is 20.8. The highest BCUT2D eigenvalue weighted by atomic mass is 19.4. The molecule has 2 aromatic rings. The van der Waals surface area contributed by atoms with Crippen LogP contribution in [-0.4, -0.2) is 59.3 Å². The molecule has 0 spiro atoms. The summed E-state index contributed by atoms with van der Waals surface area (Å²) in [7, 11) is 0. The molecule has 0 radical (unpaired) electrons. The van der Waals surface area contributed by atoms with E-state index in [4.69, 9.17) is 0 Å². The number of alkyl halides is 3. The fraction of sp³-hybridized carbons (Fsp3) is 0.560. The summed E-state index contributed by atoms with van der Waals surface area (Å²) >= 11 is 0. The van der Waals surface area contributed by atoms with E-state index in [-0.39, 0.29) is 11.8 Å². The highest BCUT2D eigenvalue weighted by molar-refractivity contribution is 5.79. The summed E-state index contributed by atoms with van der Waals surface area (Å²) in [5.41, 5.74) is -0.202. The van der Waals surface area contributed by atoms with Crippen LogP contribution in [0.2, 0.25) is 0 Å². The zero-order chi connectivity index (χ0) is 25.6. The molecule has 2 N–H and O–H groups in total. The number of carbonyl (C=O) groups excluding carboxylic acids is 1. The number of anilines is 3. The third kappa shape index (κ3) is 7.55. The quantitative estimate of drug-likeness (QED) is 0.529. The molecule has 2 heterocycles. The largest absolute Gasteiger partial charge is 0.416 e. The molecular formula is C25H35F3N6O. The summed E-state index contributed by atoms with van der Waals surface area (Å²) in [5, 5.41) is 14.5. The van der Waals surface area contributed by atoms with Gasteiger partial charge >= 0.3 is 6.18 Å². The second-order valence-corrected chi connectivity index (χ2v) is 9.45. The fourth-order valence-electron chi connectivity index (χ4n) is 4.39. The van der Waals surface area contributed by atoms with Gasteiger partial charge in [0.1, 0.15) is 0 Å². The lowest BCUT2D eigenvalue weighted by Gasteiger charge is -2.33. The number of piperidine rings is 1. The third-order valence-electron chi connectivity index (χ3n) is 6.32. The van der Waals surface area contributed by atoms with Gasteiger partial charge < -0.3 is 15.5 Å². The summed E-state index contributed by atoms with van der Waals surface area (Å²) in [6.07, 6.45) is -2.87. The monoisotopic (exact) mass is 492 g/mol. The number of amides is 1. The Balaban J connectivity index is 1.45. The van der Waals surface area contributed by atoms with E-state index < -0.39 is 11.7 Å². The number of rotatable bonds is 9. The van der Waals surface area contributed by atoms with E-state index in [0.29, 0.717) is 49.0 Å². The van der Waals surface area contributed by atoms with Crippen molar-refractivity contribution in [1.82, 2.24) is 20.4 Å². The maximum Gasteiger partial charge on any atom is 0.416 e. The van der Waals surface area contributed by atoms with Gasteiger partial charge in [-0.05, 0) is 76.9 Å². The van der Waals surface area contributed by atoms with Crippen LogP contribution in [0.1, 0.15) is 46.1 Å². The van der Waals surface area contributed by atoms with Crippen molar-refractivity contribution in [3.05, 3.63) is 42.0 Å². The van der Waals surface area contributed by atoms with Crippen molar-refractivity contribution < 1.29 is 18.0 Å². The second kappa shape index (κ2) is 11.7. The lowest BCUT2D eigenvalue weighted by Crippen LogP contribution is -2.45. The highest BCUT2D eigenvalue weighted by Crippen LogP contribution is 2.30. The molecule has 192 valence electrons. The highest BCUT2D eigenvalue weighted by Gasteiger charge is 2.30. The van der Waals surface area contributed by atoms with E-state index in [9.17, 15) is 18.0 Å². The molecule has 7 nitrogen and oxygen atoms in total. The van der Waals surface area contributed by atoms with Crippen molar-refractivity contribution in [3.63, 3.8) is 0 Å². The number of hydrogen-bond donors (Lipinski definition) is 2. The number of benzene rings is 1. The van der Waals surface area contributed by atoms with Crippen LogP contribution in [0.25, 0.3) is 0 Å². The maximum absolute atomic E-state index is 12.7. The maximum atomic E-state index is 12.7. The molecule has 10 heteroatoms.